The van der Waals surface area contributed by atoms with Crippen LogP contribution in [0.5, 0.6) is 0 Å². The van der Waals surface area contributed by atoms with E-state index in [2.05, 4.69) is 86.7 Å². The molecule has 2 aromatic carbocycles. The fourth-order valence-electron chi connectivity index (χ4n) is 2.96. The van der Waals surface area contributed by atoms with E-state index in [1.807, 2.05) is 0 Å². The summed E-state index contributed by atoms with van der Waals surface area (Å²) in [5.41, 5.74) is 3.85. The second-order valence-electron chi connectivity index (χ2n) is 6.56. The minimum absolute atomic E-state index is 0.0758. The molecule has 0 fully saturated rings. The van der Waals surface area contributed by atoms with E-state index in [9.17, 15) is 0 Å². The second kappa shape index (κ2) is 6.31. The summed E-state index contributed by atoms with van der Waals surface area (Å²) in [6.45, 7) is 4.57. The van der Waals surface area contributed by atoms with Crippen molar-refractivity contribution >= 4 is 11.8 Å². The fourth-order valence-corrected chi connectivity index (χ4v) is 2.96. The molecule has 112 valence electrons. The highest BCUT2D eigenvalue weighted by Gasteiger charge is 2.30. The third-order valence-corrected chi connectivity index (χ3v) is 4.44. The summed E-state index contributed by atoms with van der Waals surface area (Å²) >= 11 is 0. The Hall–Kier alpha value is -2.15. The van der Waals surface area contributed by atoms with Gasteiger partial charge in [-0.15, -0.1) is 0 Å². The molecule has 1 heterocycles. The number of rotatable bonds is 4. The smallest absolute Gasteiger partial charge is 0.0592 e. The van der Waals surface area contributed by atoms with Crippen LogP contribution in [-0.4, -0.2) is 11.8 Å². The molecule has 22 heavy (non-hydrogen) atoms. The van der Waals surface area contributed by atoms with Gasteiger partial charge in [-0.25, -0.2) is 0 Å². The molecule has 1 nitrogen and oxygen atoms in total. The summed E-state index contributed by atoms with van der Waals surface area (Å²) in [7, 11) is 0. The third kappa shape index (κ3) is 3.36. The van der Waals surface area contributed by atoms with E-state index in [4.69, 9.17) is 4.99 Å². The van der Waals surface area contributed by atoms with Gasteiger partial charge in [0.25, 0.3) is 0 Å². The Kier molecular flexibility index (Phi) is 4.24. The highest BCUT2D eigenvalue weighted by atomic mass is 14.9. The molecule has 0 N–H and O–H groups in total. The Morgan fingerprint density at radius 3 is 2.27 bits per heavy atom. The highest BCUT2D eigenvalue weighted by molar-refractivity contribution is 6.01. The summed E-state index contributed by atoms with van der Waals surface area (Å²) < 4.78 is 0. The van der Waals surface area contributed by atoms with Gasteiger partial charge in [-0.05, 0) is 24.0 Å². The van der Waals surface area contributed by atoms with Crippen molar-refractivity contribution in [1.29, 1.82) is 0 Å². The average molecular weight is 289 g/mol. The largest absolute Gasteiger partial charge is 0.285 e. The normalized spacial score (nSPS) is 18.6. The zero-order chi connectivity index (χ0) is 15.4. The monoisotopic (exact) mass is 289 g/mol. The Morgan fingerprint density at radius 2 is 1.59 bits per heavy atom. The number of benzene rings is 2. The molecule has 0 amide bonds. The molecule has 0 aromatic heterocycles. The molecular weight excluding hydrogens is 266 g/mol. The number of aliphatic imine (C=N–C) groups is 1. The quantitative estimate of drug-likeness (QED) is 0.716. The Balaban J connectivity index is 1.76. The molecule has 2 aromatic rings. The van der Waals surface area contributed by atoms with Gasteiger partial charge >= 0.3 is 0 Å². The lowest BCUT2D eigenvalue weighted by molar-refractivity contribution is 0.374. The zero-order valence-electron chi connectivity index (χ0n) is 13.4. The Bertz CT molecular complexity index is 666. The summed E-state index contributed by atoms with van der Waals surface area (Å²) in [6, 6.07) is 21.4. The van der Waals surface area contributed by atoms with Gasteiger partial charge in [0.15, 0.2) is 0 Å². The highest BCUT2D eigenvalue weighted by Crippen LogP contribution is 2.34. The minimum atomic E-state index is 0.0758. The molecule has 1 aliphatic heterocycles. The van der Waals surface area contributed by atoms with Crippen LogP contribution in [0.3, 0.4) is 0 Å². The van der Waals surface area contributed by atoms with Gasteiger partial charge < -0.3 is 0 Å². The van der Waals surface area contributed by atoms with E-state index in [1.54, 1.807) is 0 Å². The number of hydrogen-bond donors (Lipinski definition) is 0. The summed E-state index contributed by atoms with van der Waals surface area (Å²) in [6.07, 6.45) is 6.74. The predicted molar refractivity (Wildman–Crippen MR) is 95.3 cm³/mol. The average Bonchev–Trinajstić information content (AvgIpc) is 3.06. The summed E-state index contributed by atoms with van der Waals surface area (Å²) in [5, 5.41) is 0. The van der Waals surface area contributed by atoms with Crippen LogP contribution in [0.25, 0.3) is 6.08 Å². The van der Waals surface area contributed by atoms with Crippen molar-refractivity contribution in [3.8, 4) is 0 Å². The molecule has 0 saturated carbocycles. The van der Waals surface area contributed by atoms with Gasteiger partial charge in [-0.3, -0.25) is 4.99 Å². The molecule has 0 saturated heterocycles. The first-order valence-corrected chi connectivity index (χ1v) is 8.01. The van der Waals surface area contributed by atoms with Gasteiger partial charge in [0, 0.05) is 11.1 Å². The molecule has 0 bridgehead atoms. The van der Waals surface area contributed by atoms with E-state index in [-0.39, 0.29) is 5.41 Å². The van der Waals surface area contributed by atoms with Crippen LogP contribution in [0.4, 0.5) is 0 Å². The first-order valence-electron chi connectivity index (χ1n) is 8.01. The minimum Gasteiger partial charge on any atom is -0.285 e. The van der Waals surface area contributed by atoms with Crippen molar-refractivity contribution in [2.45, 2.75) is 32.7 Å². The van der Waals surface area contributed by atoms with Crippen LogP contribution < -0.4 is 0 Å². The van der Waals surface area contributed by atoms with Crippen molar-refractivity contribution in [1.82, 2.24) is 0 Å². The first kappa shape index (κ1) is 14.8. The Labute approximate surface area is 133 Å². The predicted octanol–water partition coefficient (Wildman–Crippen LogP) is 5.38. The summed E-state index contributed by atoms with van der Waals surface area (Å²) in [5.74, 6) is 0. The van der Waals surface area contributed by atoms with Crippen LogP contribution in [0, 0.1) is 5.41 Å². The van der Waals surface area contributed by atoms with Gasteiger partial charge in [-0.2, -0.15) is 0 Å². The van der Waals surface area contributed by atoms with Crippen LogP contribution in [0.2, 0.25) is 0 Å². The van der Waals surface area contributed by atoms with E-state index in [0.717, 1.165) is 12.8 Å². The van der Waals surface area contributed by atoms with Crippen LogP contribution in [0.15, 0.2) is 71.7 Å². The van der Waals surface area contributed by atoms with Crippen molar-refractivity contribution in [2.24, 2.45) is 10.4 Å². The maximum Gasteiger partial charge on any atom is 0.0592 e. The van der Waals surface area contributed by atoms with E-state index >= 15 is 0 Å². The van der Waals surface area contributed by atoms with Gasteiger partial charge in [0.2, 0.25) is 0 Å². The van der Waals surface area contributed by atoms with Gasteiger partial charge in [0.1, 0.15) is 0 Å². The fraction of sp³-hybridized carbons (Fsp3) is 0.286. The molecule has 1 heteroatoms. The number of nitrogens with zero attached hydrogens (tertiary/aromatic N) is 1. The molecule has 1 aliphatic rings. The SMILES string of the molecule is CC(C)(/C=C/c1ccccc1)[C@H]1CCC(c2ccccc2)=N1. The number of hydrogen-bond acceptors (Lipinski definition) is 1. The standard InChI is InChI=1S/C21H23N/c1-21(2,16-15-17-9-5-3-6-10-17)20-14-13-19(22-20)18-11-7-4-8-12-18/h3-12,15-16,20H,13-14H2,1-2H3/b16-15+/t20-/m1/s1. The molecule has 0 radical (unpaired) electrons. The Morgan fingerprint density at radius 1 is 0.955 bits per heavy atom. The molecular formula is C21H23N. The van der Waals surface area contributed by atoms with Gasteiger partial charge in [0.05, 0.1) is 6.04 Å². The van der Waals surface area contributed by atoms with Crippen molar-refractivity contribution in [3.63, 3.8) is 0 Å². The van der Waals surface area contributed by atoms with Crippen LogP contribution in [0.1, 0.15) is 37.8 Å². The van der Waals surface area contributed by atoms with Crippen molar-refractivity contribution < 1.29 is 0 Å². The van der Waals surface area contributed by atoms with Crippen molar-refractivity contribution in [3.05, 3.63) is 77.9 Å². The maximum absolute atomic E-state index is 5.01. The van der Waals surface area contributed by atoms with Gasteiger partial charge in [-0.1, -0.05) is 86.7 Å². The maximum atomic E-state index is 5.01. The first-order chi connectivity index (χ1) is 10.6. The molecule has 3 rings (SSSR count). The van der Waals surface area contributed by atoms with E-state index in [1.165, 1.54) is 16.8 Å². The topological polar surface area (TPSA) is 12.4 Å². The van der Waals surface area contributed by atoms with E-state index in [0.29, 0.717) is 6.04 Å². The summed E-state index contributed by atoms with van der Waals surface area (Å²) in [4.78, 5) is 5.01. The van der Waals surface area contributed by atoms with Crippen LogP contribution >= 0.6 is 0 Å². The third-order valence-electron chi connectivity index (χ3n) is 4.44. The van der Waals surface area contributed by atoms with Crippen LogP contribution in [-0.2, 0) is 0 Å². The second-order valence-corrected chi connectivity index (χ2v) is 6.56. The zero-order valence-corrected chi connectivity index (χ0v) is 13.4. The molecule has 0 aliphatic carbocycles. The van der Waals surface area contributed by atoms with E-state index < -0.39 is 0 Å². The molecule has 1 atom stereocenters. The lowest BCUT2D eigenvalue weighted by Crippen LogP contribution is -2.23. The molecule has 0 spiro atoms. The molecule has 0 unspecified atom stereocenters. The lowest BCUT2D eigenvalue weighted by Gasteiger charge is -2.25. The van der Waals surface area contributed by atoms with Crippen molar-refractivity contribution in [2.75, 3.05) is 0 Å². The lowest BCUT2D eigenvalue weighted by atomic mass is 9.82.